The molecule has 0 bridgehead atoms. The van der Waals surface area contributed by atoms with Crippen LogP contribution in [0.5, 0.6) is 0 Å². The minimum atomic E-state index is -0.104. The fourth-order valence-electron chi connectivity index (χ4n) is 10.1. The van der Waals surface area contributed by atoms with Crippen LogP contribution in [0.4, 0.5) is 0 Å². The van der Waals surface area contributed by atoms with Crippen molar-refractivity contribution < 1.29 is 14.3 Å². The third-order valence-corrected chi connectivity index (χ3v) is 11.9. The van der Waals surface area contributed by atoms with E-state index in [1.807, 2.05) is 5.57 Å². The zero-order valence-corrected chi connectivity index (χ0v) is 22.2. The molecule has 4 aliphatic carbocycles. The molecule has 2 saturated heterocycles. The van der Waals surface area contributed by atoms with Crippen LogP contribution in [0.25, 0.3) is 0 Å². The van der Waals surface area contributed by atoms with Crippen molar-refractivity contribution in [3.8, 4) is 0 Å². The van der Waals surface area contributed by atoms with Crippen LogP contribution in [0, 0.1) is 40.9 Å². The molecule has 6 aliphatic rings. The first-order chi connectivity index (χ1) is 16.2. The average Bonchev–Trinajstić information content (AvgIpc) is 3.24. The standard InChI is InChI=1S/C30H47NO3/c1-17-12-27-28(31-16-17)19(3)30(34-27)11-9-23-24-7-6-21-13-22(33-20(4)32)8-10-29(21,5)26(24)14-25(23)18(2)15-30/h17,19,21-24,26-28,31H,6-16H2,1-5H3/t17-,19+,21+,22+,23-,24-,26-,27+,28-,29-,30?/m0/s1. The summed E-state index contributed by atoms with van der Waals surface area (Å²) in [4.78, 5) is 11.6. The van der Waals surface area contributed by atoms with Gasteiger partial charge in [0.2, 0.25) is 0 Å². The van der Waals surface area contributed by atoms with E-state index in [2.05, 4.69) is 33.0 Å². The maximum absolute atomic E-state index is 11.6. The summed E-state index contributed by atoms with van der Waals surface area (Å²) in [5.74, 6) is 4.38. The first kappa shape index (κ1) is 23.5. The summed E-state index contributed by atoms with van der Waals surface area (Å²) in [6.07, 6.45) is 12.9. The van der Waals surface area contributed by atoms with Gasteiger partial charge in [-0.05, 0) is 113 Å². The maximum Gasteiger partial charge on any atom is 0.302 e. The molecule has 1 N–H and O–H groups in total. The van der Waals surface area contributed by atoms with Crippen molar-refractivity contribution in [3.63, 3.8) is 0 Å². The zero-order valence-electron chi connectivity index (χ0n) is 22.2. The quantitative estimate of drug-likeness (QED) is 0.375. The zero-order chi connectivity index (χ0) is 23.8. The van der Waals surface area contributed by atoms with Crippen molar-refractivity contribution in [3.05, 3.63) is 11.1 Å². The van der Waals surface area contributed by atoms with Gasteiger partial charge in [0, 0.05) is 18.9 Å². The number of carbonyl (C=O) groups is 1. The molecule has 3 saturated carbocycles. The van der Waals surface area contributed by atoms with Crippen molar-refractivity contribution in [1.29, 1.82) is 0 Å². The molecule has 2 aliphatic heterocycles. The second-order valence-corrected chi connectivity index (χ2v) is 13.7. The third-order valence-electron chi connectivity index (χ3n) is 11.9. The van der Waals surface area contributed by atoms with Crippen molar-refractivity contribution in [2.45, 2.75) is 123 Å². The lowest BCUT2D eigenvalue weighted by molar-refractivity contribution is -0.154. The summed E-state index contributed by atoms with van der Waals surface area (Å²) in [6.45, 7) is 12.6. The molecule has 1 unspecified atom stereocenters. The van der Waals surface area contributed by atoms with Gasteiger partial charge < -0.3 is 14.8 Å². The molecule has 0 amide bonds. The van der Waals surface area contributed by atoms with Crippen LogP contribution >= 0.6 is 0 Å². The van der Waals surface area contributed by atoms with Crippen molar-refractivity contribution in [2.24, 2.45) is 40.9 Å². The second kappa shape index (κ2) is 8.33. The number of carbonyl (C=O) groups excluding carboxylic acids is 1. The smallest absolute Gasteiger partial charge is 0.302 e. The fourth-order valence-corrected chi connectivity index (χ4v) is 10.1. The summed E-state index contributed by atoms with van der Waals surface area (Å²) in [6, 6.07) is 0.543. The van der Waals surface area contributed by atoms with E-state index in [-0.39, 0.29) is 17.7 Å². The van der Waals surface area contributed by atoms with E-state index >= 15 is 0 Å². The molecular weight excluding hydrogens is 422 g/mol. The minimum Gasteiger partial charge on any atom is -0.463 e. The Morgan fingerprint density at radius 3 is 2.74 bits per heavy atom. The van der Waals surface area contributed by atoms with Crippen LogP contribution in [0.2, 0.25) is 0 Å². The molecular formula is C30H47NO3. The highest BCUT2D eigenvalue weighted by molar-refractivity contribution is 5.66. The van der Waals surface area contributed by atoms with Crippen molar-refractivity contribution in [2.75, 3.05) is 6.54 Å². The Balaban J connectivity index is 1.23. The summed E-state index contributed by atoms with van der Waals surface area (Å²) < 4.78 is 12.7. The van der Waals surface area contributed by atoms with Gasteiger partial charge >= 0.3 is 5.97 Å². The number of esters is 1. The van der Waals surface area contributed by atoms with Gasteiger partial charge in [0.1, 0.15) is 6.10 Å². The van der Waals surface area contributed by atoms with E-state index in [1.54, 1.807) is 12.5 Å². The molecule has 11 atom stereocenters. The first-order valence-electron chi connectivity index (χ1n) is 14.5. The SMILES string of the molecule is CC(=O)O[C@@H]1CC[C@@]2(C)[C@H](CC[C@H]3[C@@H]4CCC5(CC(C)=C4C[C@@H]32)O[C@@H]2C[C@H](C)CN[C@H]2[C@H]5C)C1. The monoisotopic (exact) mass is 469 g/mol. The van der Waals surface area contributed by atoms with Crippen LogP contribution in [-0.2, 0) is 14.3 Å². The van der Waals surface area contributed by atoms with E-state index in [1.165, 1.54) is 44.9 Å². The third kappa shape index (κ3) is 3.56. The Hall–Kier alpha value is -0.870. The summed E-state index contributed by atoms with van der Waals surface area (Å²) in [5.41, 5.74) is 3.96. The van der Waals surface area contributed by atoms with Gasteiger partial charge in [0.05, 0.1) is 11.7 Å². The van der Waals surface area contributed by atoms with Crippen LogP contribution in [0.15, 0.2) is 11.1 Å². The number of fused-ring (bicyclic) bond motifs is 6. The highest BCUT2D eigenvalue weighted by Gasteiger charge is 2.59. The van der Waals surface area contributed by atoms with Gasteiger partial charge in [0.25, 0.3) is 0 Å². The average molecular weight is 470 g/mol. The molecule has 2 heterocycles. The molecule has 190 valence electrons. The first-order valence-corrected chi connectivity index (χ1v) is 14.5. The molecule has 0 aromatic carbocycles. The number of ether oxygens (including phenoxy) is 2. The normalized spacial score (nSPS) is 52.4. The number of nitrogens with one attached hydrogen (secondary N) is 1. The Morgan fingerprint density at radius 1 is 1.12 bits per heavy atom. The molecule has 0 radical (unpaired) electrons. The van der Waals surface area contributed by atoms with Crippen molar-refractivity contribution >= 4 is 5.97 Å². The Morgan fingerprint density at radius 2 is 1.94 bits per heavy atom. The Kier molecular flexibility index (Phi) is 5.76. The number of piperidine rings is 1. The predicted molar refractivity (Wildman–Crippen MR) is 134 cm³/mol. The highest BCUT2D eigenvalue weighted by Crippen LogP contribution is 2.65. The topological polar surface area (TPSA) is 47.6 Å². The second-order valence-electron chi connectivity index (χ2n) is 13.7. The molecule has 5 fully saturated rings. The van der Waals surface area contributed by atoms with Gasteiger partial charge in [-0.1, -0.05) is 31.9 Å². The molecule has 34 heavy (non-hydrogen) atoms. The van der Waals surface area contributed by atoms with E-state index in [4.69, 9.17) is 9.47 Å². The van der Waals surface area contributed by atoms with Gasteiger partial charge in [0.15, 0.2) is 0 Å². The number of allylic oxidation sites excluding steroid dienone is 1. The molecule has 0 aromatic heterocycles. The molecule has 1 spiro atoms. The lowest BCUT2D eigenvalue weighted by Crippen LogP contribution is -2.48. The Labute approximate surface area is 207 Å². The largest absolute Gasteiger partial charge is 0.463 e. The lowest BCUT2D eigenvalue weighted by atomic mass is 9.52. The lowest BCUT2D eigenvalue weighted by Gasteiger charge is -2.54. The number of hydrogen-bond donors (Lipinski definition) is 1. The summed E-state index contributed by atoms with van der Waals surface area (Å²) in [7, 11) is 0. The molecule has 4 nitrogen and oxygen atoms in total. The van der Waals surface area contributed by atoms with Gasteiger partial charge in [-0.25, -0.2) is 0 Å². The van der Waals surface area contributed by atoms with Crippen LogP contribution in [0.1, 0.15) is 98.8 Å². The summed E-state index contributed by atoms with van der Waals surface area (Å²) in [5, 5.41) is 3.86. The number of rotatable bonds is 1. The summed E-state index contributed by atoms with van der Waals surface area (Å²) >= 11 is 0. The van der Waals surface area contributed by atoms with Gasteiger partial charge in [-0.2, -0.15) is 0 Å². The minimum absolute atomic E-state index is 0.0481. The van der Waals surface area contributed by atoms with E-state index in [0.29, 0.717) is 23.5 Å². The highest BCUT2D eigenvalue weighted by atomic mass is 16.5. The van der Waals surface area contributed by atoms with Crippen LogP contribution in [0.3, 0.4) is 0 Å². The molecule has 6 rings (SSSR count). The van der Waals surface area contributed by atoms with Gasteiger partial charge in [-0.3, -0.25) is 4.79 Å². The van der Waals surface area contributed by atoms with E-state index in [9.17, 15) is 4.79 Å². The fraction of sp³-hybridized carbons (Fsp3) is 0.900. The predicted octanol–water partition coefficient (Wildman–Crippen LogP) is 6.04. The van der Waals surface area contributed by atoms with Gasteiger partial charge in [-0.15, -0.1) is 0 Å². The van der Waals surface area contributed by atoms with E-state index < -0.39 is 0 Å². The molecule has 0 aromatic rings. The van der Waals surface area contributed by atoms with Crippen molar-refractivity contribution in [1.82, 2.24) is 5.32 Å². The van der Waals surface area contributed by atoms with Crippen LogP contribution < -0.4 is 5.32 Å². The van der Waals surface area contributed by atoms with Crippen LogP contribution in [-0.4, -0.2) is 36.4 Å². The van der Waals surface area contributed by atoms with E-state index in [0.717, 1.165) is 55.4 Å². The Bertz CT molecular complexity index is 867. The number of hydrogen-bond acceptors (Lipinski definition) is 4. The maximum atomic E-state index is 11.6. The molecule has 4 heteroatoms.